The molecule has 0 saturated carbocycles. The number of aliphatic hydroxyl groups excluding tert-OH is 1. The lowest BCUT2D eigenvalue weighted by Gasteiger charge is -2.13. The summed E-state index contributed by atoms with van der Waals surface area (Å²) in [5, 5.41) is 11.3. The number of amidine groups is 1. The number of benzene rings is 1. The first kappa shape index (κ1) is 17.7. The summed E-state index contributed by atoms with van der Waals surface area (Å²) in [4.78, 5) is 9.07. The molecule has 27 heavy (non-hydrogen) atoms. The van der Waals surface area contributed by atoms with E-state index in [1.54, 1.807) is 0 Å². The smallest absolute Gasteiger partial charge is 0.144 e. The van der Waals surface area contributed by atoms with Crippen molar-refractivity contribution < 1.29 is 5.11 Å². The van der Waals surface area contributed by atoms with Gasteiger partial charge in [0.2, 0.25) is 0 Å². The van der Waals surface area contributed by atoms with Crippen LogP contribution in [0.3, 0.4) is 0 Å². The first-order valence-corrected chi connectivity index (χ1v) is 9.38. The summed E-state index contributed by atoms with van der Waals surface area (Å²) in [7, 11) is 0. The number of hydrazine groups is 1. The predicted octanol–water partition coefficient (Wildman–Crippen LogP) is 2.79. The van der Waals surface area contributed by atoms with Crippen LogP contribution >= 0.6 is 0 Å². The predicted molar refractivity (Wildman–Crippen MR) is 108 cm³/mol. The second-order valence-corrected chi connectivity index (χ2v) is 7.45. The molecule has 0 aliphatic carbocycles. The van der Waals surface area contributed by atoms with Crippen molar-refractivity contribution in [2.75, 3.05) is 6.67 Å². The number of aliphatic imine (C=N–C) groups is 1. The van der Waals surface area contributed by atoms with Crippen molar-refractivity contribution in [2.24, 2.45) is 10.9 Å². The van der Waals surface area contributed by atoms with Crippen LogP contribution in [-0.4, -0.2) is 33.3 Å². The third kappa shape index (κ3) is 3.86. The summed E-state index contributed by atoms with van der Waals surface area (Å²) in [6.07, 6.45) is 5.03. The first-order chi connectivity index (χ1) is 13.1. The number of aliphatic hydroxyl groups is 1. The van der Waals surface area contributed by atoms with E-state index in [2.05, 4.69) is 63.5 Å². The molecule has 6 nitrogen and oxygen atoms in total. The van der Waals surface area contributed by atoms with Gasteiger partial charge in [0.1, 0.15) is 18.2 Å². The fourth-order valence-electron chi connectivity index (χ4n) is 3.54. The Balaban J connectivity index is 1.61. The van der Waals surface area contributed by atoms with Crippen molar-refractivity contribution in [2.45, 2.75) is 32.8 Å². The van der Waals surface area contributed by atoms with E-state index in [4.69, 9.17) is 0 Å². The fourth-order valence-corrected chi connectivity index (χ4v) is 3.54. The summed E-state index contributed by atoms with van der Waals surface area (Å²) in [5.41, 5.74) is 10.1. The monoisotopic (exact) mass is 363 g/mol. The molecule has 6 heteroatoms. The zero-order valence-electron chi connectivity index (χ0n) is 15.7. The van der Waals surface area contributed by atoms with Gasteiger partial charge in [-0.15, -0.1) is 0 Å². The minimum atomic E-state index is -0.323. The molecular formula is C21H25N5O. The molecule has 3 N–H and O–H groups in total. The standard InChI is InChI=1S/C21H25N5O/c1-14(2)8-19(27)10-15-9-17-6-7-26(21(17)22-12-15)18-5-3-4-16(11-18)20-23-13-24-25-20/h3-7,9,11-12,14,19,24,27H,8,10,13H2,1-2H3,(H,23,25). The van der Waals surface area contributed by atoms with Crippen molar-refractivity contribution in [1.82, 2.24) is 20.4 Å². The molecule has 1 aromatic carbocycles. The fraction of sp³-hybridized carbons (Fsp3) is 0.333. The lowest BCUT2D eigenvalue weighted by Crippen LogP contribution is -2.30. The van der Waals surface area contributed by atoms with Crippen LogP contribution in [0.5, 0.6) is 0 Å². The molecule has 3 heterocycles. The minimum Gasteiger partial charge on any atom is -0.393 e. The molecule has 1 aliphatic heterocycles. The van der Waals surface area contributed by atoms with Crippen molar-refractivity contribution in [3.8, 4) is 5.69 Å². The van der Waals surface area contributed by atoms with E-state index >= 15 is 0 Å². The molecule has 0 saturated heterocycles. The van der Waals surface area contributed by atoms with Crippen LogP contribution in [0.2, 0.25) is 0 Å². The van der Waals surface area contributed by atoms with Gasteiger partial charge in [-0.2, -0.15) is 0 Å². The highest BCUT2D eigenvalue weighted by Gasteiger charge is 2.12. The van der Waals surface area contributed by atoms with Crippen molar-refractivity contribution >= 4 is 16.9 Å². The Kier molecular flexibility index (Phi) is 4.92. The Labute approximate surface area is 158 Å². The average molecular weight is 363 g/mol. The zero-order valence-corrected chi connectivity index (χ0v) is 15.7. The van der Waals surface area contributed by atoms with Crippen LogP contribution in [0, 0.1) is 5.92 Å². The number of fused-ring (bicyclic) bond motifs is 1. The summed E-state index contributed by atoms with van der Waals surface area (Å²) >= 11 is 0. The van der Waals surface area contributed by atoms with Gasteiger partial charge in [-0.3, -0.25) is 0 Å². The Morgan fingerprint density at radius 1 is 1.22 bits per heavy atom. The quantitative estimate of drug-likeness (QED) is 0.630. The van der Waals surface area contributed by atoms with Gasteiger partial charge in [0, 0.05) is 29.0 Å². The van der Waals surface area contributed by atoms with E-state index in [0.717, 1.165) is 40.1 Å². The van der Waals surface area contributed by atoms with Gasteiger partial charge in [-0.05, 0) is 48.6 Å². The maximum absolute atomic E-state index is 10.2. The average Bonchev–Trinajstić information content (AvgIpc) is 3.31. The van der Waals surface area contributed by atoms with Gasteiger partial charge in [-0.1, -0.05) is 26.0 Å². The number of hydrogen-bond donors (Lipinski definition) is 3. The molecule has 3 aromatic rings. The summed E-state index contributed by atoms with van der Waals surface area (Å²) < 4.78 is 2.08. The molecule has 4 rings (SSSR count). The Hall–Kier alpha value is -2.70. The number of hydrogen-bond acceptors (Lipinski definition) is 5. The molecule has 1 aliphatic rings. The summed E-state index contributed by atoms with van der Waals surface area (Å²) in [6, 6.07) is 12.4. The van der Waals surface area contributed by atoms with Gasteiger partial charge < -0.3 is 15.1 Å². The number of rotatable bonds is 6. The van der Waals surface area contributed by atoms with E-state index in [1.807, 2.05) is 24.5 Å². The molecular weight excluding hydrogens is 338 g/mol. The molecule has 0 bridgehead atoms. The van der Waals surface area contributed by atoms with Crippen molar-refractivity contribution in [3.05, 3.63) is 59.9 Å². The number of nitrogens with zero attached hydrogens (tertiary/aromatic N) is 3. The summed E-state index contributed by atoms with van der Waals surface area (Å²) in [6.45, 7) is 4.84. The van der Waals surface area contributed by atoms with Gasteiger partial charge in [-0.25, -0.2) is 15.4 Å². The maximum atomic E-state index is 10.2. The normalized spacial score (nSPS) is 15.2. The second kappa shape index (κ2) is 7.50. The molecule has 0 amide bonds. The van der Waals surface area contributed by atoms with Crippen LogP contribution in [-0.2, 0) is 6.42 Å². The third-order valence-electron chi connectivity index (χ3n) is 4.72. The maximum Gasteiger partial charge on any atom is 0.144 e. The van der Waals surface area contributed by atoms with E-state index < -0.39 is 0 Å². The highest BCUT2D eigenvalue weighted by Crippen LogP contribution is 2.22. The molecule has 0 fully saturated rings. The topological polar surface area (TPSA) is 74.5 Å². The molecule has 0 radical (unpaired) electrons. The largest absolute Gasteiger partial charge is 0.393 e. The highest BCUT2D eigenvalue weighted by molar-refractivity contribution is 5.99. The van der Waals surface area contributed by atoms with Crippen LogP contribution in [0.4, 0.5) is 0 Å². The lowest BCUT2D eigenvalue weighted by molar-refractivity contribution is 0.149. The van der Waals surface area contributed by atoms with Gasteiger partial charge in [0.05, 0.1) is 6.10 Å². The Morgan fingerprint density at radius 3 is 2.89 bits per heavy atom. The van der Waals surface area contributed by atoms with E-state index in [-0.39, 0.29) is 6.10 Å². The molecule has 2 aromatic heterocycles. The van der Waals surface area contributed by atoms with Crippen molar-refractivity contribution in [3.63, 3.8) is 0 Å². The molecule has 0 spiro atoms. The molecule has 1 atom stereocenters. The van der Waals surface area contributed by atoms with E-state index in [9.17, 15) is 5.11 Å². The molecule has 1 unspecified atom stereocenters. The van der Waals surface area contributed by atoms with Crippen LogP contribution in [0.1, 0.15) is 31.4 Å². The van der Waals surface area contributed by atoms with Crippen molar-refractivity contribution in [1.29, 1.82) is 0 Å². The van der Waals surface area contributed by atoms with Gasteiger partial charge in [0.15, 0.2) is 0 Å². The highest BCUT2D eigenvalue weighted by atomic mass is 16.3. The Bertz CT molecular complexity index is 976. The van der Waals surface area contributed by atoms with Crippen LogP contribution < -0.4 is 10.9 Å². The Morgan fingerprint density at radius 2 is 2.11 bits per heavy atom. The van der Waals surface area contributed by atoms with E-state index in [1.165, 1.54) is 0 Å². The molecule has 140 valence electrons. The zero-order chi connectivity index (χ0) is 18.8. The minimum absolute atomic E-state index is 0.323. The van der Waals surface area contributed by atoms with Gasteiger partial charge in [0.25, 0.3) is 0 Å². The second-order valence-electron chi connectivity index (χ2n) is 7.45. The van der Waals surface area contributed by atoms with E-state index in [0.29, 0.717) is 19.0 Å². The number of aromatic nitrogens is 2. The van der Waals surface area contributed by atoms with Crippen LogP contribution in [0.25, 0.3) is 16.7 Å². The lowest BCUT2D eigenvalue weighted by atomic mass is 10.0. The number of pyridine rings is 1. The van der Waals surface area contributed by atoms with Crippen LogP contribution in [0.15, 0.2) is 53.8 Å². The third-order valence-corrected chi connectivity index (χ3v) is 4.72. The SMILES string of the molecule is CC(C)CC(O)Cc1cnc2c(ccn2-c2cccc(C3=NCNN3)c2)c1. The number of nitrogens with one attached hydrogen (secondary N) is 2. The summed E-state index contributed by atoms with van der Waals surface area (Å²) in [5.74, 6) is 1.34. The van der Waals surface area contributed by atoms with Gasteiger partial charge >= 0.3 is 0 Å². The first-order valence-electron chi connectivity index (χ1n) is 9.38.